The quantitative estimate of drug-likeness (QED) is 0.0504. The Hall–Kier alpha value is -1.75. The Balaban J connectivity index is 1.01. The summed E-state index contributed by atoms with van der Waals surface area (Å²) in [5, 5.41) is 0. The van der Waals surface area contributed by atoms with Crippen LogP contribution < -0.4 is 5.73 Å². The maximum atomic E-state index is 10.00. The van der Waals surface area contributed by atoms with Crippen molar-refractivity contribution in [3.8, 4) is 0 Å². The van der Waals surface area contributed by atoms with Gasteiger partial charge in [0, 0.05) is 24.5 Å². The van der Waals surface area contributed by atoms with Crippen molar-refractivity contribution in [3.63, 3.8) is 0 Å². The molecule has 0 spiro atoms. The van der Waals surface area contributed by atoms with Crippen LogP contribution in [0.4, 0.5) is 0 Å². The van der Waals surface area contributed by atoms with Gasteiger partial charge < -0.3 is 48.4 Å². The molecule has 13 heteroatoms. The number of benzene rings is 1. The van der Waals surface area contributed by atoms with Crippen LogP contribution in [0.3, 0.4) is 0 Å². The molecule has 1 aromatic carbocycles. The largest absolute Gasteiger partial charge is 0.468 e. The van der Waals surface area contributed by atoms with E-state index in [1.165, 1.54) is 36.8 Å². The third kappa shape index (κ3) is 17.6. The lowest BCUT2D eigenvalue weighted by atomic mass is 9.60. The van der Waals surface area contributed by atoms with Crippen molar-refractivity contribution in [2.45, 2.75) is 69.9 Å². The van der Waals surface area contributed by atoms with E-state index in [1.54, 1.807) is 0 Å². The van der Waals surface area contributed by atoms with E-state index in [-0.39, 0.29) is 11.5 Å². The van der Waals surface area contributed by atoms with Gasteiger partial charge in [0.1, 0.15) is 13.2 Å². The maximum Gasteiger partial charge on any atom is 0.293 e. The molecule has 0 unspecified atom stereocenters. The highest BCUT2D eigenvalue weighted by Gasteiger charge is 2.43. The molecule has 0 aromatic heterocycles. The number of rotatable bonds is 32. The predicted octanol–water partition coefficient (Wildman–Crippen LogP) is 3.55. The molecule has 0 heterocycles. The SMILES string of the molecule is C[C@@]12CCCCC[C@@H](Cc3ccc(COOCCOCCOCCOCCOCCOCCOCCOCCOCCCOC=O)cc31)[C@@H]2N. The molecule has 0 radical (unpaired) electrons. The van der Waals surface area contributed by atoms with E-state index < -0.39 is 0 Å². The minimum atomic E-state index is 0.0348. The number of ether oxygens (including phenoxy) is 9. The monoisotopic (exact) mass is 713 g/mol. The summed E-state index contributed by atoms with van der Waals surface area (Å²) in [5.74, 6) is 0.587. The summed E-state index contributed by atoms with van der Waals surface area (Å²) < 4.78 is 48.4. The summed E-state index contributed by atoms with van der Waals surface area (Å²) >= 11 is 0. The number of nitrogens with two attached hydrogens (primary N) is 1. The van der Waals surface area contributed by atoms with Crippen LogP contribution in [0.25, 0.3) is 0 Å². The Kier molecular flexibility index (Phi) is 23.8. The normalized spacial score (nSPS) is 20.3. The lowest BCUT2D eigenvalue weighted by molar-refractivity contribution is -0.308. The first-order valence-electron chi connectivity index (χ1n) is 18.4. The van der Waals surface area contributed by atoms with Gasteiger partial charge >= 0.3 is 0 Å². The second-order valence-electron chi connectivity index (χ2n) is 12.8. The third-order valence-corrected chi connectivity index (χ3v) is 9.13. The fraction of sp³-hybridized carbons (Fsp3) is 0.811. The molecule has 2 bridgehead atoms. The topological polar surface area (TPSA) is 145 Å². The Morgan fingerprint density at radius 3 is 1.72 bits per heavy atom. The van der Waals surface area contributed by atoms with Crippen LogP contribution in [0.15, 0.2) is 18.2 Å². The molecule has 0 saturated heterocycles. The van der Waals surface area contributed by atoms with Gasteiger partial charge in [-0.05, 0) is 41.9 Å². The van der Waals surface area contributed by atoms with Gasteiger partial charge in [0.05, 0.1) is 106 Å². The molecular weight excluding hydrogens is 650 g/mol. The van der Waals surface area contributed by atoms with E-state index in [9.17, 15) is 4.79 Å². The smallest absolute Gasteiger partial charge is 0.293 e. The Morgan fingerprint density at radius 2 is 1.18 bits per heavy atom. The van der Waals surface area contributed by atoms with Crippen LogP contribution in [-0.2, 0) is 75.6 Å². The minimum Gasteiger partial charge on any atom is -0.468 e. The number of hydrogen-bond acceptors (Lipinski definition) is 13. The Labute approximate surface area is 298 Å². The van der Waals surface area contributed by atoms with Gasteiger partial charge in [-0.1, -0.05) is 44.4 Å². The average molecular weight is 714 g/mol. The molecule has 1 saturated carbocycles. The van der Waals surface area contributed by atoms with Gasteiger partial charge in [0.25, 0.3) is 6.47 Å². The lowest BCUT2D eigenvalue weighted by Gasteiger charge is -2.47. The second kappa shape index (κ2) is 27.8. The third-order valence-electron chi connectivity index (χ3n) is 9.13. The first-order valence-corrected chi connectivity index (χ1v) is 18.4. The Bertz CT molecular complexity index is 988. The molecule has 3 atom stereocenters. The van der Waals surface area contributed by atoms with Gasteiger partial charge in [-0.3, -0.25) is 4.79 Å². The molecule has 288 valence electrons. The van der Waals surface area contributed by atoms with Gasteiger partial charge in [-0.2, -0.15) is 0 Å². The maximum absolute atomic E-state index is 10.00. The second-order valence-corrected chi connectivity index (χ2v) is 12.8. The molecular formula is C37H63NO12. The number of carbonyl (C=O) groups is 1. The molecule has 3 rings (SSSR count). The summed E-state index contributed by atoms with van der Waals surface area (Å²) in [4.78, 5) is 20.8. The molecule has 0 aliphatic heterocycles. The zero-order valence-electron chi connectivity index (χ0n) is 30.3. The van der Waals surface area contributed by atoms with Gasteiger partial charge in [0.15, 0.2) is 0 Å². The standard InChI is InChI=1S/C37H63NO12/c1-37-9-4-2-3-6-34(36(37)38)29-33-8-7-32(28-35(33)37)30-50-49-27-26-47-25-24-46-23-22-45-21-20-44-19-18-43-17-16-42-15-14-41-13-12-40-10-5-11-48-31-39/h7-8,28,31,34,36H,2-6,9-27,29-30,38H2,1H3/t34-,36-,37+/m0/s1. The lowest BCUT2D eigenvalue weighted by Crippen LogP contribution is -2.52. The van der Waals surface area contributed by atoms with E-state index in [4.69, 9.17) is 53.4 Å². The van der Waals surface area contributed by atoms with Crippen LogP contribution in [0.5, 0.6) is 0 Å². The van der Waals surface area contributed by atoms with Crippen LogP contribution in [-0.4, -0.2) is 131 Å². The fourth-order valence-electron chi connectivity index (χ4n) is 6.39. The van der Waals surface area contributed by atoms with Crippen molar-refractivity contribution in [3.05, 3.63) is 34.9 Å². The molecule has 0 amide bonds. The van der Waals surface area contributed by atoms with Crippen molar-refractivity contribution in [1.82, 2.24) is 0 Å². The highest BCUT2D eigenvalue weighted by molar-refractivity contribution is 5.42. The zero-order chi connectivity index (χ0) is 35.4. The van der Waals surface area contributed by atoms with Crippen LogP contribution in [0, 0.1) is 5.92 Å². The predicted molar refractivity (Wildman–Crippen MR) is 186 cm³/mol. The summed E-state index contributed by atoms with van der Waals surface area (Å²) in [7, 11) is 0. The summed E-state index contributed by atoms with van der Waals surface area (Å²) in [6.45, 7) is 11.9. The van der Waals surface area contributed by atoms with E-state index in [1.807, 2.05) is 0 Å². The van der Waals surface area contributed by atoms with Gasteiger partial charge in [-0.15, -0.1) is 0 Å². The average Bonchev–Trinajstić information content (AvgIpc) is 3.12. The summed E-state index contributed by atoms with van der Waals surface area (Å²) in [6.07, 6.45) is 8.01. The van der Waals surface area contributed by atoms with Crippen molar-refractivity contribution in [2.75, 3.05) is 119 Å². The number of carbonyl (C=O) groups excluding carboxylic acids is 1. The van der Waals surface area contributed by atoms with Crippen molar-refractivity contribution >= 4 is 6.47 Å². The van der Waals surface area contributed by atoms with E-state index in [0.29, 0.717) is 144 Å². The van der Waals surface area contributed by atoms with E-state index in [2.05, 4.69) is 29.9 Å². The Morgan fingerprint density at radius 1 is 0.660 bits per heavy atom. The first-order chi connectivity index (χ1) is 24.6. The van der Waals surface area contributed by atoms with Gasteiger partial charge in [0.2, 0.25) is 0 Å². The van der Waals surface area contributed by atoms with Crippen LogP contribution >= 0.6 is 0 Å². The van der Waals surface area contributed by atoms with E-state index in [0.717, 1.165) is 18.4 Å². The van der Waals surface area contributed by atoms with Gasteiger partial charge in [-0.25, -0.2) is 9.78 Å². The number of fused-ring (bicyclic) bond motifs is 4. The number of hydrogen-bond donors (Lipinski definition) is 1. The van der Waals surface area contributed by atoms with Crippen molar-refractivity contribution < 1.29 is 57.2 Å². The van der Waals surface area contributed by atoms with Crippen molar-refractivity contribution in [2.24, 2.45) is 11.7 Å². The highest BCUT2D eigenvalue weighted by Crippen LogP contribution is 2.45. The minimum absolute atomic E-state index is 0.0348. The molecule has 1 fully saturated rings. The summed E-state index contributed by atoms with van der Waals surface area (Å²) in [6, 6.07) is 6.93. The van der Waals surface area contributed by atoms with Crippen LogP contribution in [0.1, 0.15) is 62.1 Å². The molecule has 13 nitrogen and oxygen atoms in total. The van der Waals surface area contributed by atoms with Crippen molar-refractivity contribution in [1.29, 1.82) is 0 Å². The molecule has 2 aliphatic rings. The molecule has 2 N–H and O–H groups in total. The molecule has 50 heavy (non-hydrogen) atoms. The molecule has 1 aromatic rings. The fourth-order valence-corrected chi connectivity index (χ4v) is 6.39. The zero-order valence-corrected chi connectivity index (χ0v) is 30.3. The first kappa shape index (κ1) is 42.7. The van der Waals surface area contributed by atoms with Crippen LogP contribution in [0.2, 0.25) is 0 Å². The summed E-state index contributed by atoms with van der Waals surface area (Å²) in [5.41, 5.74) is 10.8. The van der Waals surface area contributed by atoms with E-state index >= 15 is 0 Å². The highest BCUT2D eigenvalue weighted by atomic mass is 17.2. The molecule has 2 aliphatic carbocycles.